The minimum Gasteiger partial charge on any atom is -0.507 e. The van der Waals surface area contributed by atoms with E-state index in [9.17, 15) is 10.2 Å². The molecule has 11 aromatic rings. The Bertz CT molecular complexity index is 3820. The minimum atomic E-state index is -0.310. The van der Waals surface area contributed by atoms with Gasteiger partial charge in [-0.1, -0.05) is 192 Å². The third-order valence-corrected chi connectivity index (χ3v) is 15.1. The highest BCUT2D eigenvalue weighted by Crippen LogP contribution is 2.47. The van der Waals surface area contributed by atoms with Gasteiger partial charge in [0.1, 0.15) is 29.5 Å². The van der Waals surface area contributed by atoms with E-state index in [0.29, 0.717) is 22.8 Å². The zero-order valence-corrected chi connectivity index (χ0v) is 46.9. The maximum Gasteiger partial charge on any atom is 0.149 e. The molecule has 0 amide bonds. The number of hydrogen-bond donors (Lipinski definition) is 2. The van der Waals surface area contributed by atoms with Crippen molar-refractivity contribution in [3.8, 4) is 90.4 Å². The Balaban J connectivity index is 1.00. The van der Waals surface area contributed by atoms with Crippen molar-refractivity contribution >= 4 is 22.1 Å². The highest BCUT2D eigenvalue weighted by molar-refractivity contribution is 5.98. The first-order valence-electron chi connectivity index (χ1n) is 27.0. The number of phenolic OH excluding ortho intramolecular Hbond substituents is 2. The van der Waals surface area contributed by atoms with Crippen molar-refractivity contribution in [3.63, 3.8) is 0 Å². The van der Waals surface area contributed by atoms with Crippen molar-refractivity contribution < 1.29 is 10.2 Å². The minimum absolute atomic E-state index is 0.169. The second-order valence-corrected chi connectivity index (χ2v) is 24.8. The number of aromatic nitrogens is 6. The van der Waals surface area contributed by atoms with Gasteiger partial charge >= 0.3 is 0 Å². The predicted molar refractivity (Wildman–Crippen MR) is 322 cm³/mol. The number of rotatable bonds is 8. The van der Waals surface area contributed by atoms with Crippen LogP contribution in [0.25, 0.3) is 101 Å². The zero-order chi connectivity index (χ0) is 55.1. The fraction of sp³-hybridized carbons (Fsp3) is 0.229. The third kappa shape index (κ3) is 9.44. The summed E-state index contributed by atoms with van der Waals surface area (Å²) in [4.78, 5) is 20.6. The molecule has 0 saturated carbocycles. The number of nitrogens with zero attached hydrogens (tertiary/aromatic N) is 6. The zero-order valence-electron chi connectivity index (χ0n) is 46.9. The Kier molecular flexibility index (Phi) is 12.6. The molecule has 0 aliphatic carbocycles. The van der Waals surface area contributed by atoms with Crippen molar-refractivity contribution in [2.45, 2.75) is 105 Å². The highest BCUT2D eigenvalue weighted by Gasteiger charge is 2.31. The molecule has 0 unspecified atom stereocenters. The van der Waals surface area contributed by atoms with Crippen LogP contribution in [0.2, 0.25) is 0 Å². The molecule has 0 atom stereocenters. The summed E-state index contributed by atoms with van der Waals surface area (Å²) in [5.74, 6) is 1.85. The van der Waals surface area contributed by atoms with Gasteiger partial charge < -0.3 is 10.2 Å². The first-order valence-corrected chi connectivity index (χ1v) is 27.0. The lowest BCUT2D eigenvalue weighted by Gasteiger charge is -2.27. The molecule has 11 rings (SSSR count). The van der Waals surface area contributed by atoms with Crippen LogP contribution in [-0.2, 0) is 21.7 Å². The largest absolute Gasteiger partial charge is 0.507 e. The number of hydrogen-bond acceptors (Lipinski definition) is 6. The second-order valence-electron chi connectivity index (χ2n) is 24.8. The summed E-state index contributed by atoms with van der Waals surface area (Å²) in [5.41, 5.74) is 17.3. The fourth-order valence-electron chi connectivity index (χ4n) is 10.7. The Morgan fingerprint density at radius 3 is 1.09 bits per heavy atom. The lowest BCUT2D eigenvalue weighted by molar-refractivity contribution is 0.445. The molecule has 8 nitrogen and oxygen atoms in total. The molecule has 3 heterocycles. The number of aromatic hydroxyl groups is 2. The van der Waals surface area contributed by atoms with Gasteiger partial charge in [0.05, 0.1) is 44.6 Å². The predicted octanol–water partition coefficient (Wildman–Crippen LogP) is 17.8. The van der Waals surface area contributed by atoms with Crippen LogP contribution in [0.5, 0.6) is 11.5 Å². The van der Waals surface area contributed by atoms with Gasteiger partial charge in [-0.2, -0.15) is 0 Å². The van der Waals surface area contributed by atoms with Crippen LogP contribution in [0, 0.1) is 0 Å². The molecule has 0 bridgehead atoms. The molecule has 8 heteroatoms. The molecule has 0 saturated heterocycles. The topological polar surface area (TPSA) is 102 Å². The van der Waals surface area contributed by atoms with E-state index >= 15 is 0 Å². The van der Waals surface area contributed by atoms with E-state index < -0.39 is 0 Å². The van der Waals surface area contributed by atoms with E-state index in [1.165, 1.54) is 0 Å². The maximum atomic E-state index is 12.2. The molecule has 3 aromatic heterocycles. The van der Waals surface area contributed by atoms with Crippen molar-refractivity contribution in [1.82, 2.24) is 29.1 Å². The van der Waals surface area contributed by atoms with Gasteiger partial charge in [-0.25, -0.2) is 19.9 Å². The monoisotopic (exact) mass is 1020 g/mol. The highest BCUT2D eigenvalue weighted by atomic mass is 16.3. The molecular weight excluding hydrogens is 957 g/mol. The van der Waals surface area contributed by atoms with E-state index in [-0.39, 0.29) is 33.2 Å². The molecule has 2 N–H and O–H groups in total. The Hall–Kier alpha value is -8.62. The molecule has 8 aromatic carbocycles. The summed E-state index contributed by atoms with van der Waals surface area (Å²) in [6, 6.07) is 60.7. The summed E-state index contributed by atoms with van der Waals surface area (Å²) in [5, 5.41) is 24.4. The van der Waals surface area contributed by atoms with Crippen LogP contribution in [0.3, 0.4) is 0 Å². The van der Waals surface area contributed by atoms with E-state index in [0.717, 1.165) is 100 Å². The first-order chi connectivity index (χ1) is 37.0. The van der Waals surface area contributed by atoms with E-state index in [1.54, 1.807) is 6.33 Å². The number of imidazole rings is 2. The molecule has 0 fully saturated rings. The van der Waals surface area contributed by atoms with Crippen molar-refractivity contribution in [2.24, 2.45) is 0 Å². The van der Waals surface area contributed by atoms with Crippen LogP contribution < -0.4 is 0 Å². The van der Waals surface area contributed by atoms with Gasteiger partial charge in [-0.3, -0.25) is 9.13 Å². The second kappa shape index (κ2) is 19.1. The summed E-state index contributed by atoms with van der Waals surface area (Å²) < 4.78 is 4.35. The molecular formula is C70H68N6O2. The number of para-hydroxylation sites is 4. The Labute approximate surface area is 458 Å². The van der Waals surface area contributed by atoms with Crippen molar-refractivity contribution in [2.75, 3.05) is 0 Å². The van der Waals surface area contributed by atoms with E-state index in [1.807, 2.05) is 36.4 Å². The molecule has 390 valence electrons. The number of fused-ring (bicyclic) bond motifs is 2. The quantitative estimate of drug-likeness (QED) is 0.157. The number of phenols is 2. The average Bonchev–Trinajstić information content (AvgIpc) is 4.19. The molecule has 0 spiro atoms. The molecule has 0 aliphatic heterocycles. The summed E-state index contributed by atoms with van der Waals surface area (Å²) in [6.07, 6.45) is 1.64. The summed E-state index contributed by atoms with van der Waals surface area (Å²) >= 11 is 0. The van der Waals surface area contributed by atoms with Crippen LogP contribution in [0.15, 0.2) is 182 Å². The number of benzene rings is 8. The van der Waals surface area contributed by atoms with Gasteiger partial charge in [0, 0.05) is 44.8 Å². The average molecular weight is 1030 g/mol. The normalized spacial score (nSPS) is 12.5. The molecule has 78 heavy (non-hydrogen) atoms. The van der Waals surface area contributed by atoms with Crippen LogP contribution in [0.4, 0.5) is 0 Å². The van der Waals surface area contributed by atoms with Crippen LogP contribution >= 0.6 is 0 Å². The van der Waals surface area contributed by atoms with Crippen molar-refractivity contribution in [3.05, 3.63) is 205 Å². The Morgan fingerprint density at radius 1 is 0.346 bits per heavy atom. The SMILES string of the molecule is CC(C)(C)c1cc(-c2nc3c(-c4cccc(-c5cc(-c6cccc(-c7cccc8c7nc(-c7cc(C(C)(C)C)cc(C(C)(C)C)c7O)n8-c7ccccc7)c6)ncn5)c4)cccc3n2-c2ccccc2)c(O)c(C(C)(C)C)c1. The lowest BCUT2D eigenvalue weighted by atomic mass is 9.79. The van der Waals surface area contributed by atoms with E-state index in [2.05, 4.69) is 232 Å². The van der Waals surface area contributed by atoms with Gasteiger partial charge in [0.15, 0.2) is 0 Å². The standard InChI is InChI=1S/C70H68N6O2/c1-67(2,3)47-37-53(63(77)55(39-47)69(7,8)9)65-73-61-51(31-21-33-59(61)75(65)49-27-15-13-16-28-49)43-23-19-25-45(35-43)57-41-58(72-42-71-57)46-26-20-24-44(36-46)52-32-22-34-60-62(52)74-66(76(60)50-29-17-14-18-30-50)54-38-48(68(4,5)6)40-56(64(54)78)70(10,11)12/h13-42,77-78H,1-12H3. The Morgan fingerprint density at radius 2 is 0.718 bits per heavy atom. The fourth-order valence-corrected chi connectivity index (χ4v) is 10.7. The smallest absolute Gasteiger partial charge is 0.149 e. The van der Waals surface area contributed by atoms with Crippen molar-refractivity contribution in [1.29, 1.82) is 0 Å². The first kappa shape index (κ1) is 51.5. The third-order valence-electron chi connectivity index (χ3n) is 15.1. The van der Waals surface area contributed by atoms with Crippen LogP contribution in [0.1, 0.15) is 105 Å². The van der Waals surface area contributed by atoms with Gasteiger partial charge in [0.2, 0.25) is 0 Å². The van der Waals surface area contributed by atoms with Gasteiger partial charge in [-0.15, -0.1) is 0 Å². The van der Waals surface area contributed by atoms with Gasteiger partial charge in [-0.05, 0) is 111 Å². The summed E-state index contributed by atoms with van der Waals surface area (Å²) in [7, 11) is 0. The van der Waals surface area contributed by atoms with E-state index in [4.69, 9.17) is 19.9 Å². The molecule has 0 radical (unpaired) electrons. The summed E-state index contributed by atoms with van der Waals surface area (Å²) in [6.45, 7) is 26.1. The van der Waals surface area contributed by atoms with Crippen LogP contribution in [-0.4, -0.2) is 39.3 Å². The molecule has 0 aliphatic rings. The van der Waals surface area contributed by atoms with Gasteiger partial charge in [0.25, 0.3) is 0 Å². The maximum absolute atomic E-state index is 12.2. The lowest BCUT2D eigenvalue weighted by Crippen LogP contribution is -2.17.